The topological polar surface area (TPSA) is 31.4 Å². The number of nitrogens with zero attached hydrogens (tertiary/aromatic N) is 1. The molecule has 0 aromatic carbocycles. The lowest BCUT2D eigenvalue weighted by atomic mass is 9.89. The standard InChI is InChI=1S/C14H19BClNO2/c1-10-8-11(16)9-17-12(10)6-7-15-18-13(2,3)14(4,5)19-15/h6-9H,1-5H3/b7-6+. The number of rotatable bonds is 2. The van der Waals surface area contributed by atoms with Crippen molar-refractivity contribution in [3.63, 3.8) is 0 Å². The summed E-state index contributed by atoms with van der Waals surface area (Å²) >= 11 is 5.88. The van der Waals surface area contributed by atoms with Crippen molar-refractivity contribution in [3.8, 4) is 0 Å². The number of hydrogen-bond donors (Lipinski definition) is 0. The van der Waals surface area contributed by atoms with Crippen LogP contribution in [0.15, 0.2) is 18.2 Å². The number of aryl methyl sites for hydroxylation is 1. The van der Waals surface area contributed by atoms with Crippen molar-refractivity contribution in [1.29, 1.82) is 0 Å². The Labute approximate surface area is 120 Å². The molecule has 2 rings (SSSR count). The lowest BCUT2D eigenvalue weighted by Gasteiger charge is -2.32. The fraction of sp³-hybridized carbons (Fsp3) is 0.500. The quantitative estimate of drug-likeness (QED) is 0.774. The summed E-state index contributed by atoms with van der Waals surface area (Å²) in [6.45, 7) is 10.1. The molecule has 3 nitrogen and oxygen atoms in total. The zero-order valence-electron chi connectivity index (χ0n) is 12.0. The molecule has 102 valence electrons. The van der Waals surface area contributed by atoms with Crippen LogP contribution in [0.3, 0.4) is 0 Å². The van der Waals surface area contributed by atoms with Gasteiger partial charge in [0.2, 0.25) is 0 Å². The van der Waals surface area contributed by atoms with Crippen LogP contribution in [0.4, 0.5) is 0 Å². The third-order valence-electron chi connectivity index (χ3n) is 3.77. The molecule has 0 radical (unpaired) electrons. The van der Waals surface area contributed by atoms with Gasteiger partial charge in [-0.15, -0.1) is 0 Å². The SMILES string of the molecule is Cc1cc(Cl)cnc1/C=C/B1OC(C)(C)C(C)(C)O1. The molecule has 1 saturated heterocycles. The number of aromatic nitrogens is 1. The molecule has 0 aliphatic carbocycles. The predicted molar refractivity (Wildman–Crippen MR) is 79.1 cm³/mol. The first kappa shape index (κ1) is 14.6. The molecule has 1 aliphatic heterocycles. The van der Waals surface area contributed by atoms with Gasteiger partial charge in [0.05, 0.1) is 21.9 Å². The molecule has 0 unspecified atom stereocenters. The number of pyridine rings is 1. The minimum Gasteiger partial charge on any atom is -0.400 e. The van der Waals surface area contributed by atoms with Crippen LogP contribution in [0, 0.1) is 6.92 Å². The minimum absolute atomic E-state index is 0.315. The van der Waals surface area contributed by atoms with Crippen LogP contribution in [0.2, 0.25) is 5.02 Å². The van der Waals surface area contributed by atoms with E-state index in [-0.39, 0.29) is 18.3 Å². The van der Waals surface area contributed by atoms with E-state index >= 15 is 0 Å². The van der Waals surface area contributed by atoms with Crippen LogP contribution >= 0.6 is 11.6 Å². The van der Waals surface area contributed by atoms with Crippen molar-refractivity contribution < 1.29 is 9.31 Å². The van der Waals surface area contributed by atoms with E-state index in [2.05, 4.69) is 4.98 Å². The van der Waals surface area contributed by atoms with Crippen molar-refractivity contribution in [2.24, 2.45) is 0 Å². The Morgan fingerprint density at radius 1 is 1.21 bits per heavy atom. The molecule has 1 fully saturated rings. The summed E-state index contributed by atoms with van der Waals surface area (Å²) in [7, 11) is -0.345. The van der Waals surface area contributed by atoms with Crippen LogP contribution in [0.1, 0.15) is 39.0 Å². The van der Waals surface area contributed by atoms with E-state index in [0.717, 1.165) is 11.3 Å². The molecule has 0 amide bonds. The molecule has 0 atom stereocenters. The monoisotopic (exact) mass is 279 g/mol. The molecule has 5 heteroatoms. The second kappa shape index (κ2) is 4.93. The van der Waals surface area contributed by atoms with Gasteiger partial charge in [-0.05, 0) is 52.3 Å². The van der Waals surface area contributed by atoms with E-state index in [0.29, 0.717) is 5.02 Å². The normalized spacial score (nSPS) is 21.3. The average Bonchev–Trinajstić information content (AvgIpc) is 2.46. The van der Waals surface area contributed by atoms with Gasteiger partial charge in [-0.1, -0.05) is 17.6 Å². The second-order valence-corrected chi connectivity index (χ2v) is 6.28. The molecular formula is C14H19BClNO2. The van der Waals surface area contributed by atoms with E-state index in [4.69, 9.17) is 20.9 Å². The summed E-state index contributed by atoms with van der Waals surface area (Å²) in [5.41, 5.74) is 1.27. The average molecular weight is 280 g/mol. The zero-order valence-corrected chi connectivity index (χ0v) is 12.8. The van der Waals surface area contributed by atoms with E-state index in [1.165, 1.54) is 0 Å². The van der Waals surface area contributed by atoms with E-state index in [9.17, 15) is 0 Å². The lowest BCUT2D eigenvalue weighted by Crippen LogP contribution is -2.41. The summed E-state index contributed by atoms with van der Waals surface area (Å²) in [4.78, 5) is 4.28. The summed E-state index contributed by atoms with van der Waals surface area (Å²) in [6, 6.07) is 1.89. The van der Waals surface area contributed by atoms with Crippen molar-refractivity contribution in [2.75, 3.05) is 0 Å². The highest BCUT2D eigenvalue weighted by atomic mass is 35.5. The highest BCUT2D eigenvalue weighted by Crippen LogP contribution is 2.37. The molecule has 1 aromatic rings. The molecule has 1 aromatic heterocycles. The van der Waals surface area contributed by atoms with E-state index in [1.807, 2.05) is 52.7 Å². The first-order valence-electron chi connectivity index (χ1n) is 6.37. The Balaban J connectivity index is 2.13. The third-order valence-corrected chi connectivity index (χ3v) is 3.97. The van der Waals surface area contributed by atoms with Gasteiger partial charge in [-0.3, -0.25) is 4.98 Å². The zero-order chi connectivity index (χ0) is 14.3. The van der Waals surface area contributed by atoms with Gasteiger partial charge in [-0.25, -0.2) is 0 Å². The predicted octanol–water partition coefficient (Wildman–Crippen LogP) is 3.69. The van der Waals surface area contributed by atoms with Gasteiger partial charge in [-0.2, -0.15) is 0 Å². The maximum Gasteiger partial charge on any atom is 0.487 e. The van der Waals surface area contributed by atoms with Gasteiger partial charge in [0, 0.05) is 6.20 Å². The first-order valence-corrected chi connectivity index (χ1v) is 6.75. The largest absolute Gasteiger partial charge is 0.487 e. The molecule has 0 N–H and O–H groups in total. The van der Waals surface area contributed by atoms with Gasteiger partial charge in [0.1, 0.15) is 0 Å². The van der Waals surface area contributed by atoms with Crippen LogP contribution in [0.25, 0.3) is 6.08 Å². The molecule has 0 bridgehead atoms. The summed E-state index contributed by atoms with van der Waals surface area (Å²) < 4.78 is 11.8. The fourth-order valence-corrected chi connectivity index (χ4v) is 2.07. The Morgan fingerprint density at radius 2 is 1.79 bits per heavy atom. The van der Waals surface area contributed by atoms with Crippen LogP contribution in [-0.4, -0.2) is 23.3 Å². The van der Waals surface area contributed by atoms with Crippen LogP contribution in [-0.2, 0) is 9.31 Å². The molecule has 1 aliphatic rings. The molecule has 0 saturated carbocycles. The van der Waals surface area contributed by atoms with Crippen molar-refractivity contribution in [3.05, 3.63) is 34.5 Å². The highest BCUT2D eigenvalue weighted by Gasteiger charge is 2.49. The third kappa shape index (κ3) is 3.02. The molecule has 2 heterocycles. The van der Waals surface area contributed by atoms with Gasteiger partial charge in [0.15, 0.2) is 0 Å². The molecule has 0 spiro atoms. The summed E-state index contributed by atoms with van der Waals surface area (Å²) in [5, 5.41) is 0.644. The maximum atomic E-state index is 5.89. The fourth-order valence-electron chi connectivity index (χ4n) is 1.86. The van der Waals surface area contributed by atoms with Crippen LogP contribution in [0.5, 0.6) is 0 Å². The molecular weight excluding hydrogens is 260 g/mol. The molecule has 19 heavy (non-hydrogen) atoms. The van der Waals surface area contributed by atoms with Crippen molar-refractivity contribution in [2.45, 2.75) is 45.8 Å². The Hall–Kier alpha value is -0.835. The maximum absolute atomic E-state index is 5.89. The number of hydrogen-bond acceptors (Lipinski definition) is 3. The van der Waals surface area contributed by atoms with Crippen molar-refractivity contribution >= 4 is 24.8 Å². The van der Waals surface area contributed by atoms with Crippen LogP contribution < -0.4 is 0 Å². The summed E-state index contributed by atoms with van der Waals surface area (Å²) in [6.07, 6.45) is 3.55. The Bertz CT molecular complexity index is 498. The number of halogens is 1. The Kier molecular flexibility index (Phi) is 3.78. The lowest BCUT2D eigenvalue weighted by molar-refractivity contribution is 0.00578. The van der Waals surface area contributed by atoms with E-state index < -0.39 is 0 Å². The highest BCUT2D eigenvalue weighted by molar-refractivity contribution is 6.52. The second-order valence-electron chi connectivity index (χ2n) is 5.84. The van der Waals surface area contributed by atoms with Crippen molar-refractivity contribution in [1.82, 2.24) is 4.98 Å². The van der Waals surface area contributed by atoms with E-state index in [1.54, 1.807) is 6.20 Å². The minimum atomic E-state index is -0.345. The smallest absolute Gasteiger partial charge is 0.400 e. The first-order chi connectivity index (χ1) is 8.71. The van der Waals surface area contributed by atoms with Gasteiger partial charge < -0.3 is 9.31 Å². The summed E-state index contributed by atoms with van der Waals surface area (Å²) in [5.74, 6) is 1.89. The Morgan fingerprint density at radius 3 is 2.32 bits per heavy atom. The van der Waals surface area contributed by atoms with Gasteiger partial charge in [0.25, 0.3) is 0 Å². The van der Waals surface area contributed by atoms with Gasteiger partial charge >= 0.3 is 7.12 Å².